The first kappa shape index (κ1) is 13.1. The van der Waals surface area contributed by atoms with Gasteiger partial charge in [-0.25, -0.2) is 4.39 Å². The topological polar surface area (TPSA) is 39.2 Å². The summed E-state index contributed by atoms with van der Waals surface area (Å²) in [4.78, 5) is 2.97. The number of imidazole rings is 1. The maximum Gasteiger partial charge on any atom is 0.178 e. The number of fused-ring (bicyclic) bond motifs is 1. The Bertz CT molecular complexity index is 664. The molecule has 3 rings (SSSR count). The Labute approximate surface area is 119 Å². The van der Waals surface area contributed by atoms with Gasteiger partial charge in [-0.2, -0.15) is 0 Å². The molecule has 1 aliphatic heterocycles. The number of ether oxygens (including phenoxy) is 2. The number of benzene rings is 1. The molecule has 0 spiro atoms. The summed E-state index contributed by atoms with van der Waals surface area (Å²) in [6, 6.07) is 2.92. The second-order valence-corrected chi connectivity index (χ2v) is 5.19. The van der Waals surface area contributed by atoms with E-state index in [1.165, 1.54) is 6.07 Å². The maximum absolute atomic E-state index is 13.4. The van der Waals surface area contributed by atoms with Gasteiger partial charge in [0, 0.05) is 6.07 Å². The van der Waals surface area contributed by atoms with Crippen molar-refractivity contribution in [1.82, 2.24) is 9.55 Å². The molecule has 1 fully saturated rings. The molecule has 0 bridgehead atoms. The fraction of sp³-hybridized carbons (Fsp3) is 0.417. The van der Waals surface area contributed by atoms with Crippen LogP contribution in [-0.4, -0.2) is 35.5 Å². The van der Waals surface area contributed by atoms with Gasteiger partial charge in [0.2, 0.25) is 0 Å². The quantitative estimate of drug-likeness (QED) is 0.867. The lowest BCUT2D eigenvalue weighted by Crippen LogP contribution is -2.32. The molecular weight excluding hydrogens is 291 g/mol. The zero-order chi connectivity index (χ0) is 13.4. The molecule has 0 aliphatic carbocycles. The fourth-order valence-electron chi connectivity index (χ4n) is 2.18. The van der Waals surface area contributed by atoms with Crippen LogP contribution in [0.2, 0.25) is 5.02 Å². The molecule has 1 saturated heterocycles. The van der Waals surface area contributed by atoms with Gasteiger partial charge in [0.25, 0.3) is 0 Å². The van der Waals surface area contributed by atoms with Crippen LogP contribution in [0.1, 0.15) is 0 Å². The lowest BCUT2D eigenvalue weighted by molar-refractivity contribution is -0.0933. The van der Waals surface area contributed by atoms with Crippen molar-refractivity contribution in [3.63, 3.8) is 0 Å². The van der Waals surface area contributed by atoms with Gasteiger partial charge < -0.3 is 19.0 Å². The van der Waals surface area contributed by atoms with E-state index >= 15 is 0 Å². The Morgan fingerprint density at radius 3 is 3.05 bits per heavy atom. The first-order valence-corrected chi connectivity index (χ1v) is 6.70. The number of halogens is 2. The average molecular weight is 303 g/mol. The van der Waals surface area contributed by atoms with Crippen LogP contribution in [0.3, 0.4) is 0 Å². The number of hydrogen-bond acceptors (Lipinski definition) is 3. The van der Waals surface area contributed by atoms with Crippen LogP contribution < -0.4 is 0 Å². The Hall–Kier alpha value is -0.950. The molecule has 0 saturated carbocycles. The van der Waals surface area contributed by atoms with Crippen molar-refractivity contribution in [2.75, 3.05) is 19.8 Å². The van der Waals surface area contributed by atoms with Crippen molar-refractivity contribution in [1.29, 1.82) is 0 Å². The lowest BCUT2D eigenvalue weighted by atomic mass is 10.3. The molecule has 1 N–H and O–H groups in total. The Morgan fingerprint density at radius 1 is 1.47 bits per heavy atom. The smallest absolute Gasteiger partial charge is 0.178 e. The van der Waals surface area contributed by atoms with Gasteiger partial charge in [-0.15, -0.1) is 0 Å². The van der Waals surface area contributed by atoms with E-state index in [9.17, 15) is 4.39 Å². The van der Waals surface area contributed by atoms with E-state index in [1.807, 2.05) is 4.57 Å². The molecule has 4 nitrogen and oxygen atoms in total. The van der Waals surface area contributed by atoms with Crippen LogP contribution in [0.15, 0.2) is 12.1 Å². The molecule has 1 aliphatic rings. The zero-order valence-corrected chi connectivity index (χ0v) is 11.6. The number of aromatic amines is 1. The standard InChI is InChI=1S/C12H12ClFN2O2S/c13-8-3-11-10(4-9(8)14)15-12(19)16(11)5-7-6-17-1-2-18-7/h3-4,7H,1-2,5-6H2,(H,15,19). The third kappa shape index (κ3) is 2.53. The van der Waals surface area contributed by atoms with Crippen molar-refractivity contribution in [3.8, 4) is 0 Å². The molecule has 0 radical (unpaired) electrons. The van der Waals surface area contributed by atoms with E-state index in [4.69, 9.17) is 33.3 Å². The summed E-state index contributed by atoms with van der Waals surface area (Å²) in [7, 11) is 0. The van der Waals surface area contributed by atoms with Gasteiger partial charge >= 0.3 is 0 Å². The third-order valence-electron chi connectivity index (χ3n) is 3.09. The van der Waals surface area contributed by atoms with Crippen LogP contribution in [0.25, 0.3) is 11.0 Å². The van der Waals surface area contributed by atoms with Crippen LogP contribution in [0.5, 0.6) is 0 Å². The van der Waals surface area contributed by atoms with E-state index in [-0.39, 0.29) is 11.1 Å². The molecule has 1 aromatic heterocycles. The summed E-state index contributed by atoms with van der Waals surface area (Å²) in [5, 5.41) is 0.0797. The number of hydrogen-bond donors (Lipinski definition) is 1. The predicted molar refractivity (Wildman–Crippen MR) is 72.6 cm³/mol. The highest BCUT2D eigenvalue weighted by molar-refractivity contribution is 7.71. The number of nitrogens with zero attached hydrogens (tertiary/aromatic N) is 1. The largest absolute Gasteiger partial charge is 0.376 e. The lowest BCUT2D eigenvalue weighted by Gasteiger charge is -2.23. The van der Waals surface area contributed by atoms with Crippen LogP contribution in [0.4, 0.5) is 4.39 Å². The van der Waals surface area contributed by atoms with Gasteiger partial charge in [-0.3, -0.25) is 0 Å². The number of rotatable bonds is 2. The molecule has 1 atom stereocenters. The van der Waals surface area contributed by atoms with Crippen molar-refractivity contribution < 1.29 is 13.9 Å². The maximum atomic E-state index is 13.4. The summed E-state index contributed by atoms with van der Waals surface area (Å²) in [5.41, 5.74) is 1.40. The monoisotopic (exact) mass is 302 g/mol. The van der Waals surface area contributed by atoms with Gasteiger partial charge in [-0.05, 0) is 18.3 Å². The fourth-order valence-corrected chi connectivity index (χ4v) is 2.62. The molecule has 0 amide bonds. The summed E-state index contributed by atoms with van der Waals surface area (Å²) in [5.74, 6) is -0.463. The van der Waals surface area contributed by atoms with Gasteiger partial charge in [0.05, 0.1) is 48.5 Å². The van der Waals surface area contributed by atoms with E-state index in [0.29, 0.717) is 36.7 Å². The molecule has 2 aromatic rings. The van der Waals surface area contributed by atoms with Crippen molar-refractivity contribution in [2.24, 2.45) is 0 Å². The van der Waals surface area contributed by atoms with Crippen molar-refractivity contribution in [3.05, 3.63) is 27.7 Å². The first-order chi connectivity index (χ1) is 9.15. The number of nitrogens with one attached hydrogen (secondary N) is 1. The summed E-state index contributed by atoms with van der Waals surface area (Å²) in [6.07, 6.45) is -0.0525. The molecule has 7 heteroatoms. The minimum Gasteiger partial charge on any atom is -0.376 e. The molecule has 1 aromatic carbocycles. The highest BCUT2D eigenvalue weighted by Gasteiger charge is 2.17. The van der Waals surface area contributed by atoms with Crippen molar-refractivity contribution in [2.45, 2.75) is 12.6 Å². The van der Waals surface area contributed by atoms with E-state index < -0.39 is 5.82 Å². The predicted octanol–water partition coefficient (Wildman–Crippen LogP) is 2.91. The number of aromatic nitrogens is 2. The highest BCUT2D eigenvalue weighted by atomic mass is 35.5. The van der Waals surface area contributed by atoms with E-state index in [1.54, 1.807) is 6.07 Å². The minimum atomic E-state index is -0.463. The number of H-pyrrole nitrogens is 1. The summed E-state index contributed by atoms with van der Waals surface area (Å²) < 4.78 is 26.7. The second kappa shape index (κ2) is 5.20. The zero-order valence-electron chi connectivity index (χ0n) is 9.99. The highest BCUT2D eigenvalue weighted by Crippen LogP contribution is 2.23. The normalized spacial score (nSPS) is 20.0. The third-order valence-corrected chi connectivity index (χ3v) is 3.70. The molecule has 2 heterocycles. The Kier molecular flexibility index (Phi) is 3.58. The van der Waals surface area contributed by atoms with Gasteiger partial charge in [-0.1, -0.05) is 11.6 Å². The average Bonchev–Trinajstić information content (AvgIpc) is 2.68. The van der Waals surface area contributed by atoms with Crippen molar-refractivity contribution >= 4 is 34.9 Å². The van der Waals surface area contributed by atoms with Crippen LogP contribution in [-0.2, 0) is 16.0 Å². The first-order valence-electron chi connectivity index (χ1n) is 5.92. The van der Waals surface area contributed by atoms with Gasteiger partial charge in [0.15, 0.2) is 4.77 Å². The van der Waals surface area contributed by atoms with E-state index in [2.05, 4.69) is 4.98 Å². The SMILES string of the molecule is Fc1cc2[nH]c(=S)n(CC3COCCO3)c2cc1Cl. The molecule has 102 valence electrons. The summed E-state index contributed by atoms with van der Waals surface area (Å²) in [6.45, 7) is 2.28. The minimum absolute atomic E-state index is 0.0525. The van der Waals surface area contributed by atoms with Crippen LogP contribution >= 0.6 is 23.8 Å². The van der Waals surface area contributed by atoms with Gasteiger partial charge in [0.1, 0.15) is 5.82 Å². The summed E-state index contributed by atoms with van der Waals surface area (Å²) >= 11 is 11.1. The molecule has 1 unspecified atom stereocenters. The molecular formula is C12H12ClFN2O2S. The Morgan fingerprint density at radius 2 is 2.32 bits per heavy atom. The molecule has 19 heavy (non-hydrogen) atoms. The van der Waals surface area contributed by atoms with E-state index in [0.717, 1.165) is 5.52 Å². The van der Waals surface area contributed by atoms with Crippen LogP contribution in [0, 0.1) is 10.6 Å². The Balaban J connectivity index is 2.00. The second-order valence-electron chi connectivity index (χ2n) is 4.39.